The molecule has 0 spiro atoms. The van der Waals surface area contributed by atoms with Crippen LogP contribution in [0, 0.1) is 5.82 Å². The number of ether oxygens (including phenoxy) is 1. The highest BCUT2D eigenvalue weighted by atomic mass is 19.1. The smallest absolute Gasteiger partial charge is 0.146 e. The number of halogens is 1. The molecule has 3 nitrogen and oxygen atoms in total. The molecule has 1 aromatic heterocycles. The average molecular weight is 272 g/mol. The number of aromatic nitrogens is 1. The molecule has 2 aromatic rings. The molecular formula is C16H17FN2O. The van der Waals surface area contributed by atoms with E-state index in [1.807, 2.05) is 31.3 Å². The van der Waals surface area contributed by atoms with Crippen molar-refractivity contribution >= 4 is 0 Å². The first-order valence-corrected chi connectivity index (χ1v) is 6.81. The second-order valence-electron chi connectivity index (χ2n) is 5.01. The van der Waals surface area contributed by atoms with Gasteiger partial charge in [-0.25, -0.2) is 4.39 Å². The molecule has 0 amide bonds. The summed E-state index contributed by atoms with van der Waals surface area (Å²) in [6, 6.07) is 9.32. The molecule has 1 aliphatic rings. The van der Waals surface area contributed by atoms with E-state index in [2.05, 4.69) is 10.3 Å². The fourth-order valence-corrected chi connectivity index (χ4v) is 2.27. The Balaban J connectivity index is 1.90. The van der Waals surface area contributed by atoms with Crippen LogP contribution in [0.15, 0.2) is 42.7 Å². The zero-order valence-electron chi connectivity index (χ0n) is 11.3. The molecule has 20 heavy (non-hydrogen) atoms. The van der Waals surface area contributed by atoms with Gasteiger partial charge in [-0.05, 0) is 43.7 Å². The van der Waals surface area contributed by atoms with Crippen LogP contribution in [0.25, 0.3) is 0 Å². The van der Waals surface area contributed by atoms with Gasteiger partial charge in [-0.2, -0.15) is 0 Å². The highest BCUT2D eigenvalue weighted by molar-refractivity contribution is 5.36. The predicted octanol–water partition coefficient (Wildman–Crippen LogP) is 3.07. The zero-order chi connectivity index (χ0) is 13.9. The molecule has 3 rings (SSSR count). The van der Waals surface area contributed by atoms with Crippen molar-refractivity contribution < 1.29 is 9.13 Å². The van der Waals surface area contributed by atoms with Gasteiger partial charge in [0, 0.05) is 11.8 Å². The third-order valence-electron chi connectivity index (χ3n) is 3.42. The van der Waals surface area contributed by atoms with Gasteiger partial charge in [0.1, 0.15) is 11.6 Å². The lowest BCUT2D eigenvalue weighted by Crippen LogP contribution is -2.19. The van der Waals surface area contributed by atoms with Gasteiger partial charge in [0.2, 0.25) is 0 Å². The van der Waals surface area contributed by atoms with E-state index < -0.39 is 0 Å². The van der Waals surface area contributed by atoms with Crippen molar-refractivity contribution in [2.45, 2.75) is 25.0 Å². The van der Waals surface area contributed by atoms with E-state index in [4.69, 9.17) is 4.74 Å². The van der Waals surface area contributed by atoms with Gasteiger partial charge >= 0.3 is 0 Å². The lowest BCUT2D eigenvalue weighted by atomic mass is 9.99. The molecule has 0 saturated heterocycles. The molecule has 1 saturated carbocycles. The number of pyridine rings is 1. The lowest BCUT2D eigenvalue weighted by Gasteiger charge is -2.18. The standard InChI is InChI=1S/C16H17FN2O/c1-18-16(14-7-8-19-10-15(14)17)11-3-2-4-13(9-11)20-12-5-6-12/h2-4,7-10,12,16,18H,5-6H2,1H3. The predicted molar refractivity (Wildman–Crippen MR) is 75.2 cm³/mol. The number of hydrogen-bond acceptors (Lipinski definition) is 3. The second-order valence-corrected chi connectivity index (χ2v) is 5.01. The minimum atomic E-state index is -0.305. The Morgan fingerprint density at radius 1 is 1.35 bits per heavy atom. The van der Waals surface area contributed by atoms with Crippen LogP contribution in [0.2, 0.25) is 0 Å². The van der Waals surface area contributed by atoms with E-state index >= 15 is 0 Å². The van der Waals surface area contributed by atoms with Gasteiger partial charge in [-0.1, -0.05) is 12.1 Å². The molecule has 1 aromatic carbocycles. The summed E-state index contributed by atoms with van der Waals surface area (Å²) in [5.41, 5.74) is 1.57. The van der Waals surface area contributed by atoms with E-state index in [1.54, 1.807) is 12.3 Å². The molecule has 0 radical (unpaired) electrons. The van der Waals surface area contributed by atoms with Crippen LogP contribution in [0.3, 0.4) is 0 Å². The third-order valence-corrected chi connectivity index (χ3v) is 3.42. The molecule has 1 aliphatic carbocycles. The summed E-state index contributed by atoms with van der Waals surface area (Å²) >= 11 is 0. The molecule has 104 valence electrons. The number of hydrogen-bond donors (Lipinski definition) is 1. The molecule has 1 unspecified atom stereocenters. The van der Waals surface area contributed by atoms with Crippen LogP contribution >= 0.6 is 0 Å². The summed E-state index contributed by atoms with van der Waals surface area (Å²) in [7, 11) is 1.82. The van der Waals surface area contributed by atoms with Crippen LogP contribution in [0.4, 0.5) is 4.39 Å². The summed E-state index contributed by atoms with van der Waals surface area (Å²) in [4.78, 5) is 3.79. The quantitative estimate of drug-likeness (QED) is 0.908. The Labute approximate surface area is 117 Å². The summed E-state index contributed by atoms with van der Waals surface area (Å²) < 4.78 is 19.7. The van der Waals surface area contributed by atoms with Gasteiger partial charge in [0.05, 0.1) is 18.3 Å². The summed E-state index contributed by atoms with van der Waals surface area (Å²) in [5, 5.41) is 3.15. The maximum atomic E-state index is 13.9. The van der Waals surface area contributed by atoms with E-state index in [-0.39, 0.29) is 11.9 Å². The van der Waals surface area contributed by atoms with Crippen LogP contribution in [0.1, 0.15) is 30.0 Å². The molecule has 0 aliphatic heterocycles. The Hall–Kier alpha value is -1.94. The SMILES string of the molecule is CNC(c1cccc(OC2CC2)c1)c1ccncc1F. The largest absolute Gasteiger partial charge is 0.490 e. The molecule has 1 atom stereocenters. The lowest BCUT2D eigenvalue weighted by molar-refractivity contribution is 0.302. The van der Waals surface area contributed by atoms with Crippen LogP contribution in [-0.4, -0.2) is 18.1 Å². The molecule has 0 bridgehead atoms. The summed E-state index contributed by atoms with van der Waals surface area (Å²) in [5.74, 6) is 0.542. The van der Waals surface area contributed by atoms with Crippen molar-refractivity contribution in [2.24, 2.45) is 0 Å². The molecule has 4 heteroatoms. The Morgan fingerprint density at radius 2 is 2.20 bits per heavy atom. The first-order chi connectivity index (χ1) is 9.78. The van der Waals surface area contributed by atoms with Crippen molar-refractivity contribution in [1.29, 1.82) is 0 Å². The zero-order valence-corrected chi connectivity index (χ0v) is 11.3. The Bertz CT molecular complexity index is 599. The van der Waals surface area contributed by atoms with E-state index in [1.165, 1.54) is 6.20 Å². The molecular weight excluding hydrogens is 255 g/mol. The van der Waals surface area contributed by atoms with E-state index in [0.717, 1.165) is 24.2 Å². The number of nitrogens with one attached hydrogen (secondary N) is 1. The minimum Gasteiger partial charge on any atom is -0.490 e. The van der Waals surface area contributed by atoms with Gasteiger partial charge in [0.25, 0.3) is 0 Å². The van der Waals surface area contributed by atoms with E-state index in [0.29, 0.717) is 11.7 Å². The minimum absolute atomic E-state index is 0.208. The molecule has 1 N–H and O–H groups in total. The topological polar surface area (TPSA) is 34.1 Å². The Kier molecular flexibility index (Phi) is 3.65. The van der Waals surface area contributed by atoms with Gasteiger partial charge in [0.15, 0.2) is 0 Å². The van der Waals surface area contributed by atoms with Crippen LogP contribution < -0.4 is 10.1 Å². The van der Waals surface area contributed by atoms with Gasteiger partial charge in [-0.3, -0.25) is 4.98 Å². The van der Waals surface area contributed by atoms with Crippen molar-refractivity contribution in [3.05, 3.63) is 59.7 Å². The van der Waals surface area contributed by atoms with Crippen LogP contribution in [0.5, 0.6) is 5.75 Å². The maximum absolute atomic E-state index is 13.9. The van der Waals surface area contributed by atoms with Gasteiger partial charge < -0.3 is 10.1 Å². The van der Waals surface area contributed by atoms with Crippen molar-refractivity contribution in [1.82, 2.24) is 10.3 Å². The second kappa shape index (κ2) is 5.59. The number of nitrogens with zero attached hydrogens (tertiary/aromatic N) is 1. The van der Waals surface area contributed by atoms with Crippen molar-refractivity contribution in [2.75, 3.05) is 7.05 Å². The normalized spacial score (nSPS) is 15.9. The highest BCUT2D eigenvalue weighted by Crippen LogP contribution is 2.30. The molecule has 1 fully saturated rings. The fourth-order valence-electron chi connectivity index (χ4n) is 2.27. The fraction of sp³-hybridized carbons (Fsp3) is 0.312. The average Bonchev–Trinajstić information content (AvgIpc) is 3.26. The van der Waals surface area contributed by atoms with Crippen molar-refractivity contribution in [3.8, 4) is 5.75 Å². The van der Waals surface area contributed by atoms with Crippen molar-refractivity contribution in [3.63, 3.8) is 0 Å². The van der Waals surface area contributed by atoms with Gasteiger partial charge in [-0.15, -0.1) is 0 Å². The number of benzene rings is 1. The first kappa shape index (κ1) is 13.1. The summed E-state index contributed by atoms with van der Waals surface area (Å²) in [6.07, 6.45) is 5.45. The number of rotatable bonds is 5. The monoisotopic (exact) mass is 272 g/mol. The van der Waals surface area contributed by atoms with Crippen LogP contribution in [-0.2, 0) is 0 Å². The summed E-state index contributed by atoms with van der Waals surface area (Å²) in [6.45, 7) is 0. The first-order valence-electron chi connectivity index (χ1n) is 6.81. The van der Waals surface area contributed by atoms with E-state index in [9.17, 15) is 4.39 Å². The molecule has 1 heterocycles. The Morgan fingerprint density at radius 3 is 2.90 bits per heavy atom. The maximum Gasteiger partial charge on any atom is 0.146 e. The highest BCUT2D eigenvalue weighted by Gasteiger charge is 2.24. The third kappa shape index (κ3) is 2.80.